The van der Waals surface area contributed by atoms with E-state index in [-0.39, 0.29) is 0 Å². The van der Waals surface area contributed by atoms with E-state index in [4.69, 9.17) is 4.74 Å². The van der Waals surface area contributed by atoms with Gasteiger partial charge in [-0.15, -0.1) is 0 Å². The van der Waals surface area contributed by atoms with Crippen LogP contribution in [0.4, 0.5) is 0 Å². The summed E-state index contributed by atoms with van der Waals surface area (Å²) in [6.07, 6.45) is 7.26. The Morgan fingerprint density at radius 2 is 1.68 bits per heavy atom. The Morgan fingerprint density at radius 3 is 2.32 bits per heavy atom. The first-order valence-electron chi connectivity index (χ1n) is 8.24. The summed E-state index contributed by atoms with van der Waals surface area (Å²) >= 11 is 0. The van der Waals surface area contributed by atoms with Gasteiger partial charge in [0.15, 0.2) is 0 Å². The Morgan fingerprint density at radius 1 is 1.05 bits per heavy atom. The van der Waals surface area contributed by atoms with E-state index in [1.165, 1.54) is 51.7 Å². The Labute approximate surface area is 119 Å². The van der Waals surface area contributed by atoms with Crippen LogP contribution >= 0.6 is 0 Å². The molecule has 2 atom stereocenters. The minimum Gasteiger partial charge on any atom is -0.375 e. The Hall–Kier alpha value is -0.120. The number of piperidine rings is 1. The van der Waals surface area contributed by atoms with Crippen LogP contribution in [0.1, 0.15) is 52.9 Å². The molecule has 3 heteroatoms. The lowest BCUT2D eigenvalue weighted by atomic mass is 9.99. The highest BCUT2D eigenvalue weighted by atomic mass is 16.5. The molecule has 0 bridgehead atoms. The fourth-order valence-electron chi connectivity index (χ4n) is 3.47. The summed E-state index contributed by atoms with van der Waals surface area (Å²) in [6, 6.07) is 0.667. The van der Waals surface area contributed by atoms with E-state index < -0.39 is 0 Å². The molecule has 0 amide bonds. The van der Waals surface area contributed by atoms with Crippen LogP contribution in [0.3, 0.4) is 0 Å². The van der Waals surface area contributed by atoms with Crippen molar-refractivity contribution in [3.63, 3.8) is 0 Å². The highest BCUT2D eigenvalue weighted by molar-refractivity contribution is 4.78. The van der Waals surface area contributed by atoms with Crippen molar-refractivity contribution in [1.29, 1.82) is 0 Å². The standard InChI is InChI=1S/C16H32N2O/c1-13-5-9-18(10-6-13)8-4-7-17-16-11-14(2)19-15(3)12-16/h13-17H,4-12H2,1-3H3. The summed E-state index contributed by atoms with van der Waals surface area (Å²) in [6.45, 7) is 11.8. The minimum atomic E-state index is 0.421. The molecule has 0 radical (unpaired) electrons. The predicted molar refractivity (Wildman–Crippen MR) is 80.5 cm³/mol. The molecule has 0 aromatic rings. The number of hydrogen-bond donors (Lipinski definition) is 1. The number of ether oxygens (including phenoxy) is 1. The van der Waals surface area contributed by atoms with Gasteiger partial charge in [0, 0.05) is 6.04 Å². The van der Waals surface area contributed by atoms with Gasteiger partial charge < -0.3 is 15.0 Å². The zero-order valence-corrected chi connectivity index (χ0v) is 13.0. The molecule has 0 aromatic carbocycles. The van der Waals surface area contributed by atoms with Crippen molar-refractivity contribution >= 4 is 0 Å². The summed E-state index contributed by atoms with van der Waals surface area (Å²) in [5.41, 5.74) is 0. The maximum absolute atomic E-state index is 5.78. The monoisotopic (exact) mass is 268 g/mol. The topological polar surface area (TPSA) is 24.5 Å². The largest absolute Gasteiger partial charge is 0.375 e. The first-order chi connectivity index (χ1) is 9.13. The van der Waals surface area contributed by atoms with E-state index in [1.54, 1.807) is 0 Å². The van der Waals surface area contributed by atoms with Gasteiger partial charge >= 0.3 is 0 Å². The molecule has 2 unspecified atom stereocenters. The van der Waals surface area contributed by atoms with Crippen molar-refractivity contribution in [2.24, 2.45) is 5.92 Å². The highest BCUT2D eigenvalue weighted by Gasteiger charge is 2.23. The first kappa shape index (κ1) is 15.3. The van der Waals surface area contributed by atoms with Crippen molar-refractivity contribution in [3.05, 3.63) is 0 Å². The molecule has 2 rings (SSSR count). The average Bonchev–Trinajstić information content (AvgIpc) is 2.36. The molecule has 2 aliphatic heterocycles. The van der Waals surface area contributed by atoms with Gasteiger partial charge in [0.1, 0.15) is 0 Å². The van der Waals surface area contributed by atoms with Crippen molar-refractivity contribution < 1.29 is 4.74 Å². The van der Waals surface area contributed by atoms with Crippen LogP contribution < -0.4 is 5.32 Å². The van der Waals surface area contributed by atoms with Gasteiger partial charge in [-0.05, 0) is 78.0 Å². The van der Waals surface area contributed by atoms with Gasteiger partial charge in [0.05, 0.1) is 12.2 Å². The van der Waals surface area contributed by atoms with Gasteiger partial charge in [-0.25, -0.2) is 0 Å². The predicted octanol–water partition coefficient (Wildman–Crippen LogP) is 2.65. The number of hydrogen-bond acceptors (Lipinski definition) is 3. The number of likely N-dealkylation sites (tertiary alicyclic amines) is 1. The van der Waals surface area contributed by atoms with Crippen LogP contribution in [0.2, 0.25) is 0 Å². The third-order valence-corrected chi connectivity index (χ3v) is 4.66. The van der Waals surface area contributed by atoms with Crippen molar-refractivity contribution in [1.82, 2.24) is 10.2 Å². The maximum atomic E-state index is 5.78. The highest BCUT2D eigenvalue weighted by Crippen LogP contribution is 2.19. The summed E-state index contributed by atoms with van der Waals surface area (Å²) in [4.78, 5) is 2.64. The van der Waals surface area contributed by atoms with Crippen LogP contribution in [-0.4, -0.2) is 49.3 Å². The molecule has 19 heavy (non-hydrogen) atoms. The number of rotatable bonds is 5. The van der Waals surface area contributed by atoms with Crippen molar-refractivity contribution in [2.45, 2.75) is 71.1 Å². The lowest BCUT2D eigenvalue weighted by Crippen LogP contribution is -2.42. The fourth-order valence-corrected chi connectivity index (χ4v) is 3.47. The molecule has 3 nitrogen and oxygen atoms in total. The summed E-state index contributed by atoms with van der Waals surface area (Å²) in [5.74, 6) is 0.944. The SMILES string of the molecule is CC1CCN(CCCNC2CC(C)OC(C)C2)CC1. The second kappa shape index (κ2) is 7.61. The molecule has 2 fully saturated rings. The summed E-state index contributed by atoms with van der Waals surface area (Å²) in [5, 5.41) is 3.72. The van der Waals surface area contributed by atoms with Crippen LogP contribution in [-0.2, 0) is 4.74 Å². The molecule has 0 aromatic heterocycles. The van der Waals surface area contributed by atoms with Crippen LogP contribution in [0.15, 0.2) is 0 Å². The molecule has 1 N–H and O–H groups in total. The Balaban J connectivity index is 1.54. The molecule has 0 saturated carbocycles. The third-order valence-electron chi connectivity index (χ3n) is 4.66. The molecule has 2 heterocycles. The Bertz CT molecular complexity index is 241. The normalized spacial score (nSPS) is 34.6. The zero-order chi connectivity index (χ0) is 13.7. The quantitative estimate of drug-likeness (QED) is 0.776. The van der Waals surface area contributed by atoms with Crippen LogP contribution in [0.25, 0.3) is 0 Å². The summed E-state index contributed by atoms with van der Waals surface area (Å²) < 4.78 is 5.78. The van der Waals surface area contributed by atoms with E-state index in [2.05, 4.69) is 31.0 Å². The van der Waals surface area contributed by atoms with E-state index in [0.29, 0.717) is 18.2 Å². The first-order valence-corrected chi connectivity index (χ1v) is 8.24. The van der Waals surface area contributed by atoms with Crippen molar-refractivity contribution in [3.8, 4) is 0 Å². The number of nitrogens with one attached hydrogen (secondary N) is 1. The van der Waals surface area contributed by atoms with E-state index in [1.807, 2.05) is 0 Å². The fraction of sp³-hybridized carbons (Fsp3) is 1.00. The van der Waals surface area contributed by atoms with Crippen LogP contribution in [0.5, 0.6) is 0 Å². The molecule has 0 spiro atoms. The lowest BCUT2D eigenvalue weighted by molar-refractivity contribution is -0.0420. The lowest BCUT2D eigenvalue weighted by Gasteiger charge is -2.33. The van der Waals surface area contributed by atoms with E-state index in [9.17, 15) is 0 Å². The van der Waals surface area contributed by atoms with Gasteiger partial charge in [0.25, 0.3) is 0 Å². The molecule has 2 saturated heterocycles. The molecule has 0 aliphatic carbocycles. The van der Waals surface area contributed by atoms with Crippen LogP contribution in [0, 0.1) is 5.92 Å². The zero-order valence-electron chi connectivity index (χ0n) is 13.0. The van der Waals surface area contributed by atoms with Gasteiger partial charge in [-0.3, -0.25) is 0 Å². The molecule has 2 aliphatic rings. The minimum absolute atomic E-state index is 0.421. The average molecular weight is 268 g/mol. The molecule has 112 valence electrons. The van der Waals surface area contributed by atoms with Gasteiger partial charge in [-0.2, -0.15) is 0 Å². The third kappa shape index (κ3) is 5.41. The smallest absolute Gasteiger partial charge is 0.0565 e. The van der Waals surface area contributed by atoms with E-state index >= 15 is 0 Å². The van der Waals surface area contributed by atoms with Gasteiger partial charge in [-0.1, -0.05) is 6.92 Å². The second-order valence-corrected chi connectivity index (χ2v) is 6.76. The molecular weight excluding hydrogens is 236 g/mol. The Kier molecular flexibility index (Phi) is 6.11. The molecular formula is C16H32N2O. The number of nitrogens with zero attached hydrogens (tertiary/aromatic N) is 1. The van der Waals surface area contributed by atoms with E-state index in [0.717, 1.165) is 12.5 Å². The summed E-state index contributed by atoms with van der Waals surface area (Å²) in [7, 11) is 0. The second-order valence-electron chi connectivity index (χ2n) is 6.76. The maximum Gasteiger partial charge on any atom is 0.0565 e. The van der Waals surface area contributed by atoms with Crippen molar-refractivity contribution in [2.75, 3.05) is 26.2 Å². The van der Waals surface area contributed by atoms with Gasteiger partial charge in [0.2, 0.25) is 0 Å².